The number of likely N-dealkylation sites (N-methyl/N-ethyl adjacent to an activating group) is 1. The molecule has 1 heterocycles. The van der Waals surface area contributed by atoms with Crippen molar-refractivity contribution in [3.05, 3.63) is 29.3 Å². The molecule has 2 aromatic rings. The van der Waals surface area contributed by atoms with Gasteiger partial charge < -0.3 is 10.6 Å². The molecule has 1 aromatic heterocycles. The SMILES string of the molecule is CSCC[C@H](N)C(=O)N(C)Cc1nc2ccccc2s1. The molecule has 1 atom stereocenters. The monoisotopic (exact) mass is 309 g/mol. The molecule has 1 aromatic carbocycles. The lowest BCUT2D eigenvalue weighted by Gasteiger charge is -2.20. The van der Waals surface area contributed by atoms with Crippen molar-refractivity contribution in [2.45, 2.75) is 19.0 Å². The van der Waals surface area contributed by atoms with E-state index < -0.39 is 6.04 Å². The predicted molar refractivity (Wildman–Crippen MR) is 87.1 cm³/mol. The number of thioether (sulfide) groups is 1. The topological polar surface area (TPSA) is 59.2 Å². The van der Waals surface area contributed by atoms with Gasteiger partial charge in [-0.05, 0) is 30.6 Å². The quantitative estimate of drug-likeness (QED) is 0.890. The van der Waals surface area contributed by atoms with Gasteiger partial charge in [-0.3, -0.25) is 4.79 Å². The zero-order valence-electron chi connectivity index (χ0n) is 11.7. The van der Waals surface area contributed by atoms with Crippen LogP contribution in [0.3, 0.4) is 0 Å². The third-order valence-corrected chi connectivity index (χ3v) is 4.70. The number of hydrogen-bond acceptors (Lipinski definition) is 5. The van der Waals surface area contributed by atoms with Crippen molar-refractivity contribution >= 4 is 39.2 Å². The second kappa shape index (κ2) is 7.06. The maximum Gasteiger partial charge on any atom is 0.239 e. The number of rotatable bonds is 6. The highest BCUT2D eigenvalue weighted by molar-refractivity contribution is 7.98. The fourth-order valence-corrected chi connectivity index (χ4v) is 3.43. The normalized spacial score (nSPS) is 12.6. The van der Waals surface area contributed by atoms with E-state index in [9.17, 15) is 4.79 Å². The summed E-state index contributed by atoms with van der Waals surface area (Å²) in [5.41, 5.74) is 6.90. The second-order valence-corrected chi connectivity index (χ2v) is 6.76. The molecular weight excluding hydrogens is 290 g/mol. The first kappa shape index (κ1) is 15.3. The summed E-state index contributed by atoms with van der Waals surface area (Å²) in [6.07, 6.45) is 2.73. The lowest BCUT2D eigenvalue weighted by Crippen LogP contribution is -2.41. The Bertz CT molecular complexity index is 552. The zero-order valence-corrected chi connectivity index (χ0v) is 13.3. The molecule has 0 aliphatic carbocycles. The molecule has 0 saturated heterocycles. The number of carbonyl (C=O) groups is 1. The minimum Gasteiger partial charge on any atom is -0.338 e. The van der Waals surface area contributed by atoms with E-state index in [1.807, 2.05) is 30.5 Å². The predicted octanol–water partition coefficient (Wildman–Crippen LogP) is 2.34. The third kappa shape index (κ3) is 3.71. The van der Waals surface area contributed by atoms with Gasteiger partial charge in [0.2, 0.25) is 5.91 Å². The molecule has 2 N–H and O–H groups in total. The number of carbonyl (C=O) groups excluding carboxylic acids is 1. The van der Waals surface area contributed by atoms with E-state index in [4.69, 9.17) is 5.73 Å². The molecule has 0 aliphatic heterocycles. The van der Waals surface area contributed by atoms with Crippen molar-refractivity contribution in [3.8, 4) is 0 Å². The van der Waals surface area contributed by atoms with Crippen LogP contribution in [0.1, 0.15) is 11.4 Å². The third-order valence-electron chi connectivity index (χ3n) is 3.04. The average Bonchev–Trinajstić information content (AvgIpc) is 2.85. The summed E-state index contributed by atoms with van der Waals surface area (Å²) in [6.45, 7) is 0.519. The van der Waals surface area contributed by atoms with Gasteiger partial charge in [-0.2, -0.15) is 11.8 Å². The zero-order chi connectivity index (χ0) is 14.5. The van der Waals surface area contributed by atoms with Crippen LogP contribution in [0, 0.1) is 0 Å². The number of thiazole rings is 1. The van der Waals surface area contributed by atoms with Crippen LogP contribution in [-0.4, -0.2) is 40.9 Å². The summed E-state index contributed by atoms with van der Waals surface area (Å²) < 4.78 is 1.15. The van der Waals surface area contributed by atoms with E-state index in [0.29, 0.717) is 13.0 Å². The molecule has 20 heavy (non-hydrogen) atoms. The second-order valence-electron chi connectivity index (χ2n) is 4.66. The maximum absolute atomic E-state index is 12.1. The number of hydrogen-bond donors (Lipinski definition) is 1. The molecule has 4 nitrogen and oxygen atoms in total. The fourth-order valence-electron chi connectivity index (χ4n) is 1.92. The van der Waals surface area contributed by atoms with Gasteiger partial charge in [-0.1, -0.05) is 12.1 Å². The van der Waals surface area contributed by atoms with Gasteiger partial charge in [0.15, 0.2) is 0 Å². The molecule has 108 valence electrons. The highest BCUT2D eigenvalue weighted by atomic mass is 32.2. The van der Waals surface area contributed by atoms with Crippen molar-refractivity contribution in [1.29, 1.82) is 0 Å². The number of amides is 1. The van der Waals surface area contributed by atoms with E-state index in [0.717, 1.165) is 21.0 Å². The van der Waals surface area contributed by atoms with E-state index in [2.05, 4.69) is 4.98 Å². The first-order chi connectivity index (χ1) is 9.61. The summed E-state index contributed by atoms with van der Waals surface area (Å²) in [5, 5.41) is 0.944. The first-order valence-electron chi connectivity index (χ1n) is 6.45. The largest absolute Gasteiger partial charge is 0.338 e. The van der Waals surface area contributed by atoms with Gasteiger partial charge in [-0.15, -0.1) is 11.3 Å². The minimum absolute atomic E-state index is 0.0155. The van der Waals surface area contributed by atoms with E-state index >= 15 is 0 Å². The number of para-hydroxylation sites is 1. The lowest BCUT2D eigenvalue weighted by atomic mass is 10.2. The summed E-state index contributed by atoms with van der Waals surface area (Å²) in [7, 11) is 1.79. The Morgan fingerprint density at radius 3 is 2.95 bits per heavy atom. The van der Waals surface area contributed by atoms with Gasteiger partial charge in [-0.25, -0.2) is 4.98 Å². The number of fused-ring (bicyclic) bond motifs is 1. The first-order valence-corrected chi connectivity index (χ1v) is 8.67. The Hall–Kier alpha value is -1.11. The molecular formula is C14H19N3OS2. The van der Waals surface area contributed by atoms with Gasteiger partial charge in [0, 0.05) is 7.05 Å². The van der Waals surface area contributed by atoms with Crippen LogP contribution < -0.4 is 5.73 Å². The number of nitrogens with zero attached hydrogens (tertiary/aromatic N) is 2. The summed E-state index contributed by atoms with van der Waals surface area (Å²) >= 11 is 3.33. The summed E-state index contributed by atoms with van der Waals surface area (Å²) in [4.78, 5) is 18.3. The van der Waals surface area contributed by atoms with Crippen LogP contribution >= 0.6 is 23.1 Å². The highest BCUT2D eigenvalue weighted by Crippen LogP contribution is 2.22. The average molecular weight is 309 g/mol. The molecule has 6 heteroatoms. The Morgan fingerprint density at radius 1 is 1.50 bits per heavy atom. The Morgan fingerprint density at radius 2 is 2.25 bits per heavy atom. The lowest BCUT2D eigenvalue weighted by molar-refractivity contribution is -0.131. The van der Waals surface area contributed by atoms with Crippen LogP contribution in [-0.2, 0) is 11.3 Å². The molecule has 0 aliphatic rings. The highest BCUT2D eigenvalue weighted by Gasteiger charge is 2.18. The minimum atomic E-state index is -0.415. The van der Waals surface area contributed by atoms with Crippen LogP contribution in [0.2, 0.25) is 0 Å². The smallest absolute Gasteiger partial charge is 0.239 e. The van der Waals surface area contributed by atoms with Crippen molar-refractivity contribution < 1.29 is 4.79 Å². The standard InChI is InChI=1S/C14H19N3OS2/c1-17(14(18)10(15)7-8-19-2)9-13-16-11-5-3-4-6-12(11)20-13/h3-6,10H,7-9,15H2,1-2H3/t10-/m0/s1. The van der Waals surface area contributed by atoms with Gasteiger partial charge in [0.25, 0.3) is 0 Å². The Labute approximate surface area is 127 Å². The van der Waals surface area contributed by atoms with E-state index in [1.54, 1.807) is 35.0 Å². The molecule has 0 fully saturated rings. The Balaban J connectivity index is 1.99. The molecule has 0 saturated carbocycles. The van der Waals surface area contributed by atoms with Gasteiger partial charge in [0.1, 0.15) is 5.01 Å². The molecule has 0 radical (unpaired) electrons. The van der Waals surface area contributed by atoms with Crippen molar-refractivity contribution in [1.82, 2.24) is 9.88 Å². The van der Waals surface area contributed by atoms with E-state index in [-0.39, 0.29) is 5.91 Å². The number of nitrogens with two attached hydrogens (primary N) is 1. The molecule has 0 spiro atoms. The van der Waals surface area contributed by atoms with Gasteiger partial charge in [0.05, 0.1) is 22.8 Å². The van der Waals surface area contributed by atoms with Crippen molar-refractivity contribution in [2.24, 2.45) is 5.73 Å². The molecule has 2 rings (SSSR count). The summed E-state index contributed by atoms with van der Waals surface area (Å²) in [5.74, 6) is 0.889. The number of aromatic nitrogens is 1. The fraction of sp³-hybridized carbons (Fsp3) is 0.429. The summed E-state index contributed by atoms with van der Waals surface area (Å²) in [6, 6.07) is 7.59. The van der Waals surface area contributed by atoms with Crippen LogP contribution in [0.5, 0.6) is 0 Å². The van der Waals surface area contributed by atoms with Crippen LogP contribution in [0.25, 0.3) is 10.2 Å². The molecule has 0 unspecified atom stereocenters. The van der Waals surface area contributed by atoms with Crippen LogP contribution in [0.15, 0.2) is 24.3 Å². The molecule has 0 bridgehead atoms. The van der Waals surface area contributed by atoms with Crippen LogP contribution in [0.4, 0.5) is 0 Å². The Kier molecular flexibility index (Phi) is 5.39. The van der Waals surface area contributed by atoms with Gasteiger partial charge >= 0.3 is 0 Å². The van der Waals surface area contributed by atoms with Crippen molar-refractivity contribution in [3.63, 3.8) is 0 Å². The van der Waals surface area contributed by atoms with E-state index in [1.165, 1.54) is 0 Å². The maximum atomic E-state index is 12.1. The van der Waals surface area contributed by atoms with Crippen molar-refractivity contribution in [2.75, 3.05) is 19.1 Å². The number of benzene rings is 1. The molecule has 1 amide bonds.